The Kier molecular flexibility index (Phi) is 4.51. The topological polar surface area (TPSA) is 63.0 Å². The lowest BCUT2D eigenvalue weighted by molar-refractivity contribution is -0.137. The highest BCUT2D eigenvalue weighted by molar-refractivity contribution is 6.29. The molecule has 0 bridgehead atoms. The van der Waals surface area contributed by atoms with Crippen LogP contribution in [0.2, 0.25) is 0 Å². The van der Waals surface area contributed by atoms with Crippen LogP contribution in [0.25, 0.3) is 10.8 Å². The Bertz CT molecular complexity index is 971. The van der Waals surface area contributed by atoms with Crippen LogP contribution in [-0.2, 0) is 12.7 Å². The number of hydrogen-bond donors (Lipinski definition) is 2. The summed E-state index contributed by atoms with van der Waals surface area (Å²) in [6.07, 6.45) is -4.10. The second-order valence-corrected chi connectivity index (χ2v) is 5.59. The molecule has 2 heterocycles. The molecule has 0 saturated heterocycles. The van der Waals surface area contributed by atoms with Gasteiger partial charge in [-0.25, -0.2) is 9.37 Å². The molecule has 3 aromatic rings. The molecule has 3 rings (SSSR count). The van der Waals surface area contributed by atoms with Gasteiger partial charge in [-0.15, -0.1) is 0 Å². The summed E-state index contributed by atoms with van der Waals surface area (Å²) < 4.78 is 53.7. The molecule has 2 aromatic heterocycles. The molecule has 26 heavy (non-hydrogen) atoms. The number of rotatable bonds is 4. The quantitative estimate of drug-likeness (QED) is 0.552. The van der Waals surface area contributed by atoms with E-state index in [9.17, 15) is 22.7 Å². The van der Waals surface area contributed by atoms with E-state index < -0.39 is 24.2 Å². The predicted octanol–water partition coefficient (Wildman–Crippen LogP) is 2.97. The Hall–Kier alpha value is -2.78. The van der Waals surface area contributed by atoms with Gasteiger partial charge < -0.3 is 15.0 Å². The summed E-state index contributed by atoms with van der Waals surface area (Å²) in [5, 5.41) is 13.8. The first-order valence-electron chi connectivity index (χ1n) is 7.57. The zero-order valence-electron chi connectivity index (χ0n) is 13.6. The number of aromatic nitrogens is 3. The van der Waals surface area contributed by atoms with Crippen molar-refractivity contribution >= 4 is 35.8 Å². The first-order chi connectivity index (χ1) is 12.2. The first-order valence-corrected chi connectivity index (χ1v) is 7.57. The van der Waals surface area contributed by atoms with Crippen LogP contribution in [0.15, 0.2) is 24.4 Å². The van der Waals surface area contributed by atoms with Crippen molar-refractivity contribution in [2.75, 3.05) is 12.0 Å². The van der Waals surface area contributed by atoms with E-state index in [1.54, 1.807) is 19.1 Å². The van der Waals surface area contributed by atoms with Gasteiger partial charge in [-0.05, 0) is 13.0 Å². The van der Waals surface area contributed by atoms with Gasteiger partial charge in [0.05, 0.1) is 23.3 Å². The second-order valence-electron chi connectivity index (χ2n) is 5.59. The van der Waals surface area contributed by atoms with Crippen LogP contribution in [0.1, 0.15) is 11.3 Å². The Morgan fingerprint density at radius 1 is 1.31 bits per heavy atom. The van der Waals surface area contributed by atoms with Gasteiger partial charge in [-0.1, -0.05) is 12.1 Å². The van der Waals surface area contributed by atoms with Gasteiger partial charge in [0.1, 0.15) is 18.1 Å². The van der Waals surface area contributed by atoms with Crippen molar-refractivity contribution in [1.29, 1.82) is 0 Å². The number of anilines is 2. The SMILES string of the molecule is [B]c1ncc(C(F)(F)F)c(Nc2cccc3c(C)n(CCF)c(O)c23)n1. The summed E-state index contributed by atoms with van der Waals surface area (Å²) in [5.41, 5.74) is -0.646. The average molecular weight is 364 g/mol. The molecule has 2 N–H and O–H groups in total. The van der Waals surface area contributed by atoms with Gasteiger partial charge >= 0.3 is 6.18 Å². The molecule has 0 saturated carbocycles. The Labute approximate surface area is 147 Å². The Balaban J connectivity index is 2.17. The maximum atomic E-state index is 13.2. The van der Waals surface area contributed by atoms with E-state index >= 15 is 0 Å². The zero-order chi connectivity index (χ0) is 19.1. The summed E-state index contributed by atoms with van der Waals surface area (Å²) in [6, 6.07) is 4.78. The standard InChI is InChI=1S/C16H13BF4N4O/c1-8-9-3-2-4-11(12(9)14(26)25(8)6-5-18)23-13-10(16(19,20)21)7-22-15(17)24-13/h2-4,7,26H,5-6H2,1H3,(H,22,23,24). The summed E-state index contributed by atoms with van der Waals surface area (Å²) in [5.74, 6) is -0.776. The number of nitrogens with zero attached hydrogens (tertiary/aromatic N) is 3. The minimum absolute atomic E-state index is 0.0694. The van der Waals surface area contributed by atoms with E-state index in [-0.39, 0.29) is 29.2 Å². The fourth-order valence-corrected chi connectivity index (χ4v) is 2.82. The van der Waals surface area contributed by atoms with Gasteiger partial charge in [0.15, 0.2) is 7.85 Å². The molecular weight excluding hydrogens is 351 g/mol. The van der Waals surface area contributed by atoms with Crippen LogP contribution in [0.4, 0.5) is 29.1 Å². The molecule has 0 atom stereocenters. The number of hydrogen-bond acceptors (Lipinski definition) is 4. The maximum Gasteiger partial charge on any atom is 0.421 e. The van der Waals surface area contributed by atoms with Crippen molar-refractivity contribution in [3.05, 3.63) is 35.7 Å². The third-order valence-corrected chi connectivity index (χ3v) is 4.01. The molecule has 0 aliphatic heterocycles. The molecule has 0 unspecified atom stereocenters. The van der Waals surface area contributed by atoms with Gasteiger partial charge in [0.2, 0.25) is 5.88 Å². The number of fused-ring (bicyclic) bond motifs is 1. The summed E-state index contributed by atoms with van der Waals surface area (Å²) in [6.45, 7) is 0.921. The maximum absolute atomic E-state index is 13.2. The molecule has 0 fully saturated rings. The monoisotopic (exact) mass is 364 g/mol. The van der Waals surface area contributed by atoms with Crippen LogP contribution in [0.5, 0.6) is 5.88 Å². The molecule has 134 valence electrons. The number of benzene rings is 1. The highest BCUT2D eigenvalue weighted by Crippen LogP contribution is 2.39. The van der Waals surface area contributed by atoms with Crippen LogP contribution < -0.4 is 11.0 Å². The van der Waals surface area contributed by atoms with E-state index in [0.717, 1.165) is 0 Å². The van der Waals surface area contributed by atoms with Crippen molar-refractivity contribution in [2.45, 2.75) is 19.6 Å². The number of aryl methyl sites for hydroxylation is 1. The van der Waals surface area contributed by atoms with Crippen LogP contribution >= 0.6 is 0 Å². The van der Waals surface area contributed by atoms with Crippen LogP contribution in [0, 0.1) is 6.92 Å². The summed E-state index contributed by atoms with van der Waals surface area (Å²) in [7, 11) is 5.41. The van der Waals surface area contributed by atoms with Gasteiger partial charge in [-0.3, -0.25) is 4.98 Å². The third-order valence-electron chi connectivity index (χ3n) is 4.01. The minimum atomic E-state index is -4.69. The van der Waals surface area contributed by atoms with E-state index in [0.29, 0.717) is 17.3 Å². The Morgan fingerprint density at radius 2 is 2.04 bits per heavy atom. The first kappa shape index (κ1) is 18.0. The lowest BCUT2D eigenvalue weighted by atomic mass is 10.1. The van der Waals surface area contributed by atoms with Gasteiger partial charge in [-0.2, -0.15) is 13.2 Å². The van der Waals surface area contributed by atoms with Crippen LogP contribution in [0.3, 0.4) is 0 Å². The van der Waals surface area contributed by atoms with Crippen molar-refractivity contribution in [2.24, 2.45) is 0 Å². The summed E-state index contributed by atoms with van der Waals surface area (Å²) >= 11 is 0. The molecule has 5 nitrogen and oxygen atoms in total. The van der Waals surface area contributed by atoms with E-state index in [1.807, 2.05) is 0 Å². The molecule has 0 amide bonds. The van der Waals surface area contributed by atoms with E-state index in [2.05, 4.69) is 15.3 Å². The van der Waals surface area contributed by atoms with Crippen molar-refractivity contribution in [3.8, 4) is 5.88 Å². The second kappa shape index (κ2) is 6.51. The molecule has 1 aromatic carbocycles. The molecular formula is C16H13BF4N4O. The number of alkyl halides is 4. The number of aromatic hydroxyl groups is 1. The largest absolute Gasteiger partial charge is 0.494 e. The highest BCUT2D eigenvalue weighted by Gasteiger charge is 2.35. The number of nitrogens with one attached hydrogen (secondary N) is 1. The van der Waals surface area contributed by atoms with Gasteiger partial charge in [0.25, 0.3) is 0 Å². The zero-order valence-corrected chi connectivity index (χ0v) is 13.6. The van der Waals surface area contributed by atoms with Crippen molar-refractivity contribution < 1.29 is 22.7 Å². The normalized spacial score (nSPS) is 11.9. The van der Waals surface area contributed by atoms with E-state index in [1.165, 1.54) is 10.6 Å². The molecule has 10 heteroatoms. The summed E-state index contributed by atoms with van der Waals surface area (Å²) in [4.78, 5) is 7.01. The van der Waals surface area contributed by atoms with Crippen molar-refractivity contribution in [3.63, 3.8) is 0 Å². The fraction of sp³-hybridized carbons (Fsp3) is 0.250. The van der Waals surface area contributed by atoms with E-state index in [4.69, 9.17) is 7.85 Å². The molecule has 0 spiro atoms. The third kappa shape index (κ3) is 3.06. The molecule has 0 aliphatic rings. The fourth-order valence-electron chi connectivity index (χ4n) is 2.82. The van der Waals surface area contributed by atoms with Crippen molar-refractivity contribution in [1.82, 2.24) is 14.5 Å². The Morgan fingerprint density at radius 3 is 2.69 bits per heavy atom. The molecule has 2 radical (unpaired) electrons. The minimum Gasteiger partial charge on any atom is -0.494 e. The predicted molar refractivity (Wildman–Crippen MR) is 90.0 cm³/mol. The lowest BCUT2D eigenvalue weighted by Gasteiger charge is -2.14. The highest BCUT2D eigenvalue weighted by atomic mass is 19.4. The number of halogens is 4. The van der Waals surface area contributed by atoms with Gasteiger partial charge in [0, 0.05) is 17.3 Å². The van der Waals surface area contributed by atoms with Crippen LogP contribution in [-0.4, -0.2) is 34.2 Å². The smallest absolute Gasteiger partial charge is 0.421 e. The molecule has 0 aliphatic carbocycles. The average Bonchev–Trinajstić information content (AvgIpc) is 2.80. The lowest BCUT2D eigenvalue weighted by Crippen LogP contribution is -2.20.